The average molecular weight is 548 g/mol. The SMILES string of the molecule is C=CCN(C)C(=O)[C@@H]1[C@@H]2CCC3(S2)C(C(=O)N(CC=C)C(C)(C)CC(C)(C)C)N([C@@H](CO)C(C)C)C(=O)[C@H]13. The summed E-state index contributed by atoms with van der Waals surface area (Å²) in [5.74, 6) is -1.43. The number of amides is 3. The molecule has 0 aromatic carbocycles. The highest BCUT2D eigenvalue weighted by atomic mass is 32.2. The lowest BCUT2D eigenvalue weighted by Crippen LogP contribution is -2.62. The first-order valence-electron chi connectivity index (χ1n) is 14.0. The molecule has 214 valence electrons. The predicted octanol–water partition coefficient (Wildman–Crippen LogP) is 3.97. The zero-order valence-electron chi connectivity index (χ0n) is 24.7. The maximum absolute atomic E-state index is 14.8. The largest absolute Gasteiger partial charge is 0.394 e. The summed E-state index contributed by atoms with van der Waals surface area (Å²) >= 11 is 1.67. The normalized spacial score (nSPS) is 29.4. The van der Waals surface area contributed by atoms with Gasteiger partial charge in [-0.05, 0) is 44.4 Å². The number of hydrogen-bond donors (Lipinski definition) is 1. The van der Waals surface area contributed by atoms with Gasteiger partial charge in [0.05, 0.1) is 29.2 Å². The van der Waals surface area contributed by atoms with Crippen LogP contribution in [-0.4, -0.2) is 91.9 Å². The van der Waals surface area contributed by atoms with E-state index >= 15 is 0 Å². The van der Waals surface area contributed by atoms with Crippen LogP contribution in [0, 0.1) is 23.2 Å². The molecule has 2 unspecified atom stereocenters. The number of nitrogens with zero attached hydrogens (tertiary/aromatic N) is 3. The van der Waals surface area contributed by atoms with Crippen molar-refractivity contribution in [3.05, 3.63) is 25.3 Å². The Hall–Kier alpha value is -1.80. The number of fused-ring (bicyclic) bond motifs is 1. The molecule has 0 aliphatic carbocycles. The van der Waals surface area contributed by atoms with E-state index in [0.717, 1.165) is 12.8 Å². The maximum Gasteiger partial charge on any atom is 0.247 e. The molecule has 1 spiro atoms. The Morgan fingerprint density at radius 1 is 1.16 bits per heavy atom. The molecule has 0 aromatic rings. The lowest BCUT2D eigenvalue weighted by Gasteiger charge is -2.47. The van der Waals surface area contributed by atoms with Crippen LogP contribution in [0.1, 0.15) is 67.7 Å². The number of likely N-dealkylation sites (tertiary alicyclic amines) is 1. The summed E-state index contributed by atoms with van der Waals surface area (Å²) in [7, 11) is 1.75. The molecule has 3 rings (SSSR count). The summed E-state index contributed by atoms with van der Waals surface area (Å²) in [4.78, 5) is 48.0. The molecule has 3 aliphatic heterocycles. The number of thioether (sulfide) groups is 1. The fourth-order valence-corrected chi connectivity index (χ4v) is 9.67. The van der Waals surface area contributed by atoms with Gasteiger partial charge >= 0.3 is 0 Å². The molecule has 3 heterocycles. The molecule has 0 aromatic heterocycles. The van der Waals surface area contributed by atoms with E-state index in [1.165, 1.54) is 0 Å². The predicted molar refractivity (Wildman–Crippen MR) is 155 cm³/mol. The molecule has 3 saturated heterocycles. The van der Waals surface area contributed by atoms with Crippen LogP contribution in [0.15, 0.2) is 25.3 Å². The van der Waals surface area contributed by atoms with E-state index in [0.29, 0.717) is 19.5 Å². The third-order valence-electron chi connectivity index (χ3n) is 8.62. The van der Waals surface area contributed by atoms with Gasteiger partial charge in [0, 0.05) is 30.9 Å². The van der Waals surface area contributed by atoms with Gasteiger partial charge in [-0.25, -0.2) is 0 Å². The van der Waals surface area contributed by atoms with E-state index in [4.69, 9.17) is 0 Å². The standard InChI is InChI=1S/C30H49N3O4S/c1-11-15-31(10)25(35)22-21-13-14-30(38-21)23(22)26(36)33(20(17-34)19(3)4)24(30)27(37)32(16-12-2)29(8,9)18-28(5,6)7/h11-12,19-24,34H,1-2,13-18H2,3-10H3/t20-,21-,22+,23-,24?,30?/m0/s1. The van der Waals surface area contributed by atoms with Crippen LogP contribution in [0.25, 0.3) is 0 Å². The van der Waals surface area contributed by atoms with Gasteiger partial charge in [0.1, 0.15) is 6.04 Å². The molecular weight excluding hydrogens is 498 g/mol. The minimum atomic E-state index is -0.740. The van der Waals surface area contributed by atoms with Crippen molar-refractivity contribution in [3.63, 3.8) is 0 Å². The van der Waals surface area contributed by atoms with Crippen molar-refractivity contribution in [2.45, 2.75) is 95.3 Å². The third kappa shape index (κ3) is 5.19. The molecule has 3 amide bonds. The Kier molecular flexibility index (Phi) is 8.89. The Balaban J connectivity index is 2.15. The van der Waals surface area contributed by atoms with Gasteiger partial charge in [0.2, 0.25) is 17.7 Å². The summed E-state index contributed by atoms with van der Waals surface area (Å²) in [6, 6.07) is -1.25. The second-order valence-corrected chi connectivity index (χ2v) is 15.2. The number of carbonyl (C=O) groups excluding carboxylic acids is 3. The lowest BCUT2D eigenvalue weighted by atomic mass is 9.70. The molecule has 1 N–H and O–H groups in total. The molecule has 0 radical (unpaired) electrons. The van der Waals surface area contributed by atoms with Gasteiger partial charge in [-0.15, -0.1) is 24.9 Å². The summed E-state index contributed by atoms with van der Waals surface area (Å²) in [5, 5.41) is 10.5. The molecule has 6 atom stereocenters. The summed E-state index contributed by atoms with van der Waals surface area (Å²) in [6.45, 7) is 22.8. The first-order valence-corrected chi connectivity index (χ1v) is 14.8. The Morgan fingerprint density at radius 2 is 1.76 bits per heavy atom. The van der Waals surface area contributed by atoms with Crippen molar-refractivity contribution in [1.29, 1.82) is 0 Å². The molecule has 8 heteroatoms. The second kappa shape index (κ2) is 11.0. The molecular formula is C30H49N3O4S. The van der Waals surface area contributed by atoms with Crippen LogP contribution in [0.4, 0.5) is 0 Å². The topological polar surface area (TPSA) is 81.2 Å². The lowest BCUT2D eigenvalue weighted by molar-refractivity contribution is -0.150. The Labute approximate surface area is 234 Å². The molecule has 7 nitrogen and oxygen atoms in total. The van der Waals surface area contributed by atoms with Gasteiger partial charge in [0.15, 0.2) is 0 Å². The van der Waals surface area contributed by atoms with Gasteiger partial charge in [-0.3, -0.25) is 14.4 Å². The van der Waals surface area contributed by atoms with E-state index < -0.39 is 34.2 Å². The zero-order valence-corrected chi connectivity index (χ0v) is 25.5. The minimum Gasteiger partial charge on any atom is -0.394 e. The molecule has 3 aliphatic rings. The second-order valence-electron chi connectivity index (χ2n) is 13.6. The van der Waals surface area contributed by atoms with Crippen LogP contribution in [-0.2, 0) is 14.4 Å². The molecule has 0 saturated carbocycles. The smallest absolute Gasteiger partial charge is 0.247 e. The van der Waals surface area contributed by atoms with Gasteiger partial charge in [-0.2, -0.15) is 0 Å². The van der Waals surface area contributed by atoms with Crippen LogP contribution >= 0.6 is 11.8 Å². The summed E-state index contributed by atoms with van der Waals surface area (Å²) < 4.78 is -0.687. The molecule has 3 fully saturated rings. The summed E-state index contributed by atoms with van der Waals surface area (Å²) in [6.07, 6.45) is 5.71. The van der Waals surface area contributed by atoms with Crippen LogP contribution in [0.2, 0.25) is 0 Å². The van der Waals surface area contributed by atoms with Crippen molar-refractivity contribution < 1.29 is 19.5 Å². The average Bonchev–Trinajstić information content (AvgIpc) is 3.43. The fourth-order valence-electron chi connectivity index (χ4n) is 7.47. The van der Waals surface area contributed by atoms with Crippen LogP contribution in [0.3, 0.4) is 0 Å². The van der Waals surface area contributed by atoms with Gasteiger partial charge in [0.25, 0.3) is 0 Å². The molecule has 38 heavy (non-hydrogen) atoms. The van der Waals surface area contributed by atoms with Crippen LogP contribution < -0.4 is 0 Å². The van der Waals surface area contributed by atoms with E-state index in [-0.39, 0.29) is 40.9 Å². The highest BCUT2D eigenvalue weighted by molar-refractivity contribution is 8.02. The quantitative estimate of drug-likeness (QED) is 0.396. The van der Waals surface area contributed by atoms with E-state index in [1.54, 1.807) is 40.8 Å². The molecule has 2 bridgehead atoms. The third-order valence-corrected chi connectivity index (χ3v) is 10.6. The van der Waals surface area contributed by atoms with Crippen molar-refractivity contribution in [3.8, 4) is 0 Å². The van der Waals surface area contributed by atoms with Crippen molar-refractivity contribution in [1.82, 2.24) is 14.7 Å². The highest BCUT2D eigenvalue weighted by Gasteiger charge is 2.75. The first kappa shape index (κ1) is 30.7. The number of aliphatic hydroxyl groups excluding tert-OH is 1. The number of carbonyl (C=O) groups is 3. The summed E-state index contributed by atoms with van der Waals surface area (Å²) in [5.41, 5.74) is -0.505. The maximum atomic E-state index is 14.8. The Bertz CT molecular complexity index is 958. The van der Waals surface area contributed by atoms with Gasteiger partial charge in [-0.1, -0.05) is 46.8 Å². The highest BCUT2D eigenvalue weighted by Crippen LogP contribution is 2.67. The van der Waals surface area contributed by atoms with Gasteiger partial charge < -0.3 is 19.8 Å². The minimum absolute atomic E-state index is 0.00299. The van der Waals surface area contributed by atoms with Crippen molar-refractivity contribution in [2.24, 2.45) is 23.2 Å². The monoisotopic (exact) mass is 547 g/mol. The number of likely N-dealkylation sites (N-methyl/N-ethyl adjacent to an activating group) is 1. The Morgan fingerprint density at radius 3 is 2.26 bits per heavy atom. The zero-order chi connectivity index (χ0) is 28.8. The van der Waals surface area contributed by atoms with E-state index in [9.17, 15) is 19.5 Å². The van der Waals surface area contributed by atoms with E-state index in [1.807, 2.05) is 18.7 Å². The number of hydrogen-bond acceptors (Lipinski definition) is 5. The van der Waals surface area contributed by atoms with E-state index in [2.05, 4.69) is 47.8 Å². The number of aliphatic hydroxyl groups is 1. The number of rotatable bonds is 11. The van der Waals surface area contributed by atoms with Crippen molar-refractivity contribution >= 4 is 29.5 Å². The fraction of sp³-hybridized carbons (Fsp3) is 0.767. The first-order chi connectivity index (χ1) is 17.6. The van der Waals surface area contributed by atoms with Crippen LogP contribution in [0.5, 0.6) is 0 Å². The van der Waals surface area contributed by atoms with Crippen molar-refractivity contribution in [2.75, 3.05) is 26.7 Å².